The molecule has 1 aromatic carbocycles. The molecule has 2 aromatic rings. The maximum Gasteiger partial charge on any atom is 0.170 e. The lowest BCUT2D eigenvalue weighted by molar-refractivity contribution is -0.112. The minimum atomic E-state index is 0.252. The lowest BCUT2D eigenvalue weighted by Crippen LogP contribution is -2.18. The molecule has 1 aliphatic carbocycles. The molecule has 0 atom stereocenters. The van der Waals surface area contributed by atoms with E-state index in [1.54, 1.807) is 6.07 Å². The molecule has 128 valence electrons. The number of aldehydes is 1. The fourth-order valence-electron chi connectivity index (χ4n) is 3.19. The number of aromatic nitrogens is 3. The molecule has 0 spiro atoms. The maximum absolute atomic E-state index is 10.8. The molecule has 0 bridgehead atoms. The number of benzene rings is 1. The summed E-state index contributed by atoms with van der Waals surface area (Å²) in [5, 5.41) is 9.21. The van der Waals surface area contributed by atoms with Crippen LogP contribution in [-0.2, 0) is 24.9 Å². The number of ether oxygens (including phenoxy) is 1. The van der Waals surface area contributed by atoms with Crippen molar-refractivity contribution in [3.63, 3.8) is 0 Å². The molecule has 0 saturated heterocycles. The Morgan fingerprint density at radius 1 is 1.25 bits per heavy atom. The Kier molecular flexibility index (Phi) is 5.51. The number of nitrogens with zero attached hydrogens (tertiary/aromatic N) is 3. The lowest BCUT2D eigenvalue weighted by Gasteiger charge is -2.24. The van der Waals surface area contributed by atoms with Crippen LogP contribution in [0.4, 0.5) is 0 Å². The van der Waals surface area contributed by atoms with Crippen molar-refractivity contribution in [1.82, 2.24) is 14.8 Å². The van der Waals surface area contributed by atoms with Crippen LogP contribution in [0.3, 0.4) is 0 Å². The van der Waals surface area contributed by atoms with Crippen LogP contribution in [0.1, 0.15) is 37.3 Å². The first kappa shape index (κ1) is 17.0. The Labute approximate surface area is 147 Å². The normalized spacial score (nSPS) is 20.8. The van der Waals surface area contributed by atoms with Crippen LogP contribution < -0.4 is 4.74 Å². The van der Waals surface area contributed by atoms with Crippen molar-refractivity contribution in [3.05, 3.63) is 40.9 Å². The lowest BCUT2D eigenvalue weighted by atomic mass is 9.81. The van der Waals surface area contributed by atoms with Crippen molar-refractivity contribution in [2.24, 2.45) is 18.9 Å². The van der Waals surface area contributed by atoms with Crippen molar-refractivity contribution in [2.75, 3.05) is 0 Å². The molecule has 0 aliphatic heterocycles. The molecule has 3 rings (SSSR count). The van der Waals surface area contributed by atoms with E-state index in [-0.39, 0.29) is 5.92 Å². The monoisotopic (exact) mass is 347 g/mol. The number of hydrogen-bond acceptors (Lipinski definition) is 4. The first-order chi connectivity index (χ1) is 11.7. The molecule has 1 aromatic heterocycles. The van der Waals surface area contributed by atoms with E-state index < -0.39 is 0 Å². The first-order valence-electron chi connectivity index (χ1n) is 8.36. The number of carbonyl (C=O) groups excluding carboxylic acids is 1. The van der Waals surface area contributed by atoms with Gasteiger partial charge in [-0.05, 0) is 49.8 Å². The summed E-state index contributed by atoms with van der Waals surface area (Å²) < 4.78 is 7.75. The van der Waals surface area contributed by atoms with Crippen molar-refractivity contribution >= 4 is 17.9 Å². The minimum Gasteiger partial charge on any atom is -0.486 e. The average Bonchev–Trinajstić information content (AvgIpc) is 2.94. The van der Waals surface area contributed by atoms with E-state index in [0.29, 0.717) is 17.5 Å². The molecule has 6 heteroatoms. The van der Waals surface area contributed by atoms with E-state index in [4.69, 9.17) is 16.3 Å². The molecule has 1 saturated carbocycles. The second-order valence-electron chi connectivity index (χ2n) is 6.46. The number of rotatable bonds is 6. The third kappa shape index (κ3) is 4.15. The average molecular weight is 348 g/mol. The molecular formula is C18H22ClN3O2. The highest BCUT2D eigenvalue weighted by molar-refractivity contribution is 6.30. The minimum absolute atomic E-state index is 0.252. The zero-order chi connectivity index (χ0) is 16.9. The first-order valence-corrected chi connectivity index (χ1v) is 8.74. The molecule has 1 aliphatic rings. The summed E-state index contributed by atoms with van der Waals surface area (Å²) in [6, 6.07) is 7.32. The standard InChI is InChI=1S/C18H22ClN3O2/c1-22-17(9-13-5-7-14(11-23)8-6-13)20-21-18(22)12-24-16-4-2-3-15(19)10-16/h2-4,10-11,13-14H,5-9,12H2,1H3/t13-,14-. The van der Waals surface area contributed by atoms with Crippen molar-refractivity contribution in [2.45, 2.75) is 38.7 Å². The zero-order valence-corrected chi connectivity index (χ0v) is 14.6. The number of carbonyl (C=O) groups is 1. The number of hydrogen-bond donors (Lipinski definition) is 0. The van der Waals surface area contributed by atoms with E-state index in [1.165, 1.54) is 0 Å². The van der Waals surface area contributed by atoms with Gasteiger partial charge in [-0.1, -0.05) is 17.7 Å². The van der Waals surface area contributed by atoms with E-state index in [0.717, 1.165) is 55.8 Å². The van der Waals surface area contributed by atoms with Gasteiger partial charge in [-0.2, -0.15) is 0 Å². The van der Waals surface area contributed by atoms with Gasteiger partial charge in [0.1, 0.15) is 24.5 Å². The van der Waals surface area contributed by atoms with Gasteiger partial charge in [-0.15, -0.1) is 10.2 Å². The number of halogens is 1. The van der Waals surface area contributed by atoms with Crippen LogP contribution in [0.2, 0.25) is 5.02 Å². The van der Waals surface area contributed by atoms with Crippen LogP contribution in [0.25, 0.3) is 0 Å². The second-order valence-corrected chi connectivity index (χ2v) is 6.89. The van der Waals surface area contributed by atoms with Gasteiger partial charge in [0.2, 0.25) is 0 Å². The summed E-state index contributed by atoms with van der Waals surface area (Å²) in [5.41, 5.74) is 0. The van der Waals surface area contributed by atoms with Gasteiger partial charge in [-0.25, -0.2) is 0 Å². The summed E-state index contributed by atoms with van der Waals surface area (Å²) in [5.74, 6) is 3.34. The highest BCUT2D eigenvalue weighted by atomic mass is 35.5. The van der Waals surface area contributed by atoms with E-state index in [9.17, 15) is 4.79 Å². The third-order valence-corrected chi connectivity index (χ3v) is 5.01. The highest BCUT2D eigenvalue weighted by Gasteiger charge is 2.23. The molecule has 24 heavy (non-hydrogen) atoms. The van der Waals surface area contributed by atoms with Crippen LogP contribution in [-0.4, -0.2) is 21.1 Å². The van der Waals surface area contributed by atoms with E-state index in [2.05, 4.69) is 10.2 Å². The fourth-order valence-corrected chi connectivity index (χ4v) is 3.37. The third-order valence-electron chi connectivity index (χ3n) is 4.77. The largest absolute Gasteiger partial charge is 0.486 e. The molecule has 0 radical (unpaired) electrons. The van der Waals surface area contributed by atoms with Gasteiger partial charge in [0.15, 0.2) is 5.82 Å². The Morgan fingerprint density at radius 3 is 2.71 bits per heavy atom. The van der Waals surface area contributed by atoms with Crippen molar-refractivity contribution in [3.8, 4) is 5.75 Å². The predicted molar refractivity (Wildman–Crippen MR) is 92.0 cm³/mol. The SMILES string of the molecule is Cn1c(COc2cccc(Cl)c2)nnc1C[C@H]1CC[C@H](C=O)CC1. The highest BCUT2D eigenvalue weighted by Crippen LogP contribution is 2.29. The van der Waals surface area contributed by atoms with Gasteiger partial charge in [0, 0.05) is 24.4 Å². The Bertz CT molecular complexity index is 693. The zero-order valence-electron chi connectivity index (χ0n) is 13.8. The van der Waals surface area contributed by atoms with Crippen molar-refractivity contribution < 1.29 is 9.53 Å². The smallest absolute Gasteiger partial charge is 0.170 e. The molecule has 0 unspecified atom stereocenters. The Hall–Kier alpha value is -1.88. The summed E-state index contributed by atoms with van der Waals surface area (Å²) >= 11 is 5.96. The van der Waals surface area contributed by atoms with Gasteiger partial charge in [0.05, 0.1) is 0 Å². The quantitative estimate of drug-likeness (QED) is 0.749. The molecule has 5 nitrogen and oxygen atoms in total. The van der Waals surface area contributed by atoms with E-state index >= 15 is 0 Å². The van der Waals surface area contributed by atoms with Crippen LogP contribution in [0.5, 0.6) is 5.75 Å². The van der Waals surface area contributed by atoms with E-state index in [1.807, 2.05) is 29.8 Å². The summed E-state index contributed by atoms with van der Waals surface area (Å²) in [7, 11) is 1.98. The fraction of sp³-hybridized carbons (Fsp3) is 0.500. The van der Waals surface area contributed by atoms with Gasteiger partial charge in [-0.3, -0.25) is 0 Å². The van der Waals surface area contributed by atoms with Crippen LogP contribution in [0.15, 0.2) is 24.3 Å². The topological polar surface area (TPSA) is 57.0 Å². The summed E-state index contributed by atoms with van der Waals surface area (Å²) in [4.78, 5) is 10.8. The Balaban J connectivity index is 1.56. The Morgan fingerprint density at radius 2 is 2.00 bits per heavy atom. The van der Waals surface area contributed by atoms with Gasteiger partial charge < -0.3 is 14.1 Å². The predicted octanol–water partition coefficient (Wildman–Crippen LogP) is 3.60. The molecular weight excluding hydrogens is 326 g/mol. The maximum atomic E-state index is 10.8. The van der Waals surface area contributed by atoms with Gasteiger partial charge >= 0.3 is 0 Å². The second kappa shape index (κ2) is 7.79. The van der Waals surface area contributed by atoms with Gasteiger partial charge in [0.25, 0.3) is 0 Å². The summed E-state index contributed by atoms with van der Waals surface area (Å²) in [6.45, 7) is 0.363. The van der Waals surface area contributed by atoms with Crippen LogP contribution in [0, 0.1) is 11.8 Å². The molecule has 0 amide bonds. The van der Waals surface area contributed by atoms with Crippen molar-refractivity contribution in [1.29, 1.82) is 0 Å². The molecule has 0 N–H and O–H groups in total. The summed E-state index contributed by atoms with van der Waals surface area (Å²) in [6.07, 6.45) is 6.18. The van der Waals surface area contributed by atoms with Crippen LogP contribution >= 0.6 is 11.6 Å². The molecule has 1 heterocycles. The molecule has 1 fully saturated rings.